The highest BCUT2D eigenvalue weighted by Crippen LogP contribution is 2.28. The highest BCUT2D eigenvalue weighted by molar-refractivity contribution is 6.32. The van der Waals surface area contributed by atoms with Crippen LogP contribution in [-0.2, 0) is 9.47 Å². The number of nitrogens with zero attached hydrogens (tertiary/aromatic N) is 2. The van der Waals surface area contributed by atoms with Gasteiger partial charge in [-0.3, -0.25) is 0 Å². The summed E-state index contributed by atoms with van der Waals surface area (Å²) < 4.78 is 12.7. The molecule has 0 amide bonds. The summed E-state index contributed by atoms with van der Waals surface area (Å²) in [5, 5.41) is 0.652. The third kappa shape index (κ3) is 2.07. The first-order chi connectivity index (χ1) is 8.34. The molecule has 17 heavy (non-hydrogen) atoms. The summed E-state index contributed by atoms with van der Waals surface area (Å²) in [6, 6.07) is 5.76. The lowest BCUT2D eigenvalue weighted by molar-refractivity contribution is -0.0441. The van der Waals surface area contributed by atoms with Gasteiger partial charge in [0.1, 0.15) is 0 Å². The van der Waals surface area contributed by atoms with Gasteiger partial charge in [0.05, 0.1) is 30.3 Å². The van der Waals surface area contributed by atoms with Crippen molar-refractivity contribution in [3.8, 4) is 5.69 Å². The molecule has 1 aromatic heterocycles. The summed E-state index contributed by atoms with van der Waals surface area (Å²) >= 11 is 6.24. The lowest BCUT2D eigenvalue weighted by atomic mass is 10.2. The van der Waals surface area contributed by atoms with Crippen molar-refractivity contribution in [1.29, 1.82) is 0 Å². The van der Waals surface area contributed by atoms with Gasteiger partial charge in [0, 0.05) is 18.0 Å². The molecular formula is C12H11ClN2O2. The monoisotopic (exact) mass is 250 g/mol. The van der Waals surface area contributed by atoms with Crippen molar-refractivity contribution in [2.45, 2.75) is 6.29 Å². The molecule has 0 aliphatic carbocycles. The Balaban J connectivity index is 1.94. The topological polar surface area (TPSA) is 36.3 Å². The lowest BCUT2D eigenvalue weighted by Gasteiger charge is -2.12. The van der Waals surface area contributed by atoms with Crippen molar-refractivity contribution in [3.63, 3.8) is 0 Å². The molecular weight excluding hydrogens is 240 g/mol. The minimum atomic E-state index is -0.288. The predicted molar refractivity (Wildman–Crippen MR) is 63.2 cm³/mol. The Morgan fingerprint density at radius 2 is 2.12 bits per heavy atom. The Morgan fingerprint density at radius 3 is 2.76 bits per heavy atom. The number of ether oxygens (including phenoxy) is 2. The molecule has 4 nitrogen and oxygen atoms in total. The predicted octanol–water partition coefficient (Wildman–Crippen LogP) is 2.57. The van der Waals surface area contributed by atoms with E-state index in [1.54, 1.807) is 12.5 Å². The van der Waals surface area contributed by atoms with Crippen molar-refractivity contribution in [1.82, 2.24) is 9.55 Å². The van der Waals surface area contributed by atoms with Gasteiger partial charge in [-0.2, -0.15) is 0 Å². The van der Waals surface area contributed by atoms with E-state index in [4.69, 9.17) is 21.1 Å². The van der Waals surface area contributed by atoms with Gasteiger partial charge in [0.25, 0.3) is 0 Å². The summed E-state index contributed by atoms with van der Waals surface area (Å²) in [5.74, 6) is 0. The minimum Gasteiger partial charge on any atom is -0.346 e. The number of rotatable bonds is 2. The number of imidazole rings is 1. The van der Waals surface area contributed by atoms with E-state index in [1.807, 2.05) is 29.0 Å². The summed E-state index contributed by atoms with van der Waals surface area (Å²) in [7, 11) is 0. The van der Waals surface area contributed by atoms with Gasteiger partial charge < -0.3 is 14.0 Å². The van der Waals surface area contributed by atoms with Crippen LogP contribution in [-0.4, -0.2) is 22.8 Å². The highest BCUT2D eigenvalue weighted by atomic mass is 35.5. The largest absolute Gasteiger partial charge is 0.346 e. The molecule has 88 valence electrons. The van der Waals surface area contributed by atoms with E-state index in [2.05, 4.69) is 4.98 Å². The molecule has 1 saturated heterocycles. The van der Waals surface area contributed by atoms with Crippen LogP contribution in [0.25, 0.3) is 5.69 Å². The SMILES string of the molecule is Clc1cc(C2OCCO2)ccc1-n1ccnc1. The smallest absolute Gasteiger partial charge is 0.184 e. The Hall–Kier alpha value is -1.36. The second kappa shape index (κ2) is 4.49. The van der Waals surface area contributed by atoms with Crippen LogP contribution in [0.5, 0.6) is 0 Å². The molecule has 0 atom stereocenters. The Bertz CT molecular complexity index is 507. The first-order valence-corrected chi connectivity index (χ1v) is 5.73. The van der Waals surface area contributed by atoms with E-state index in [0.717, 1.165) is 11.3 Å². The maximum Gasteiger partial charge on any atom is 0.184 e. The minimum absolute atomic E-state index is 0.288. The maximum absolute atomic E-state index is 6.24. The molecule has 0 N–H and O–H groups in total. The van der Waals surface area contributed by atoms with Crippen molar-refractivity contribution in [3.05, 3.63) is 47.5 Å². The molecule has 0 bridgehead atoms. The van der Waals surface area contributed by atoms with Gasteiger partial charge in [-0.1, -0.05) is 17.7 Å². The lowest BCUT2D eigenvalue weighted by Crippen LogP contribution is -1.99. The Labute approximate surface area is 104 Å². The first-order valence-electron chi connectivity index (χ1n) is 5.35. The fraction of sp³-hybridized carbons (Fsp3) is 0.250. The van der Waals surface area contributed by atoms with E-state index < -0.39 is 0 Å². The molecule has 1 fully saturated rings. The fourth-order valence-corrected chi connectivity index (χ4v) is 2.12. The number of benzene rings is 1. The quantitative estimate of drug-likeness (QED) is 0.822. The summed E-state index contributed by atoms with van der Waals surface area (Å²) in [5.41, 5.74) is 1.84. The van der Waals surface area contributed by atoms with E-state index >= 15 is 0 Å². The van der Waals surface area contributed by atoms with Crippen molar-refractivity contribution in [2.75, 3.05) is 13.2 Å². The molecule has 1 aliphatic heterocycles. The summed E-state index contributed by atoms with van der Waals surface area (Å²) in [6.45, 7) is 1.26. The van der Waals surface area contributed by atoms with Gasteiger partial charge >= 0.3 is 0 Å². The maximum atomic E-state index is 6.24. The van der Waals surface area contributed by atoms with Crippen LogP contribution in [0.1, 0.15) is 11.9 Å². The average Bonchev–Trinajstić information content (AvgIpc) is 3.02. The highest BCUT2D eigenvalue weighted by Gasteiger charge is 2.19. The standard InChI is InChI=1S/C12H11ClN2O2/c13-10-7-9(12-16-5-6-17-12)1-2-11(10)15-4-3-14-8-15/h1-4,7-8,12H,5-6H2. The van der Waals surface area contributed by atoms with Gasteiger partial charge in [-0.15, -0.1) is 0 Å². The molecule has 5 heteroatoms. The molecule has 2 heterocycles. The number of aromatic nitrogens is 2. The molecule has 0 spiro atoms. The Morgan fingerprint density at radius 1 is 1.29 bits per heavy atom. The third-order valence-electron chi connectivity index (χ3n) is 2.65. The van der Waals surface area contributed by atoms with Gasteiger partial charge in [-0.05, 0) is 12.1 Å². The fourth-order valence-electron chi connectivity index (χ4n) is 1.83. The van der Waals surface area contributed by atoms with Crippen LogP contribution in [0.2, 0.25) is 5.02 Å². The molecule has 0 saturated carbocycles. The molecule has 1 aliphatic rings. The number of hydrogen-bond acceptors (Lipinski definition) is 3. The van der Waals surface area contributed by atoms with Crippen LogP contribution in [0.4, 0.5) is 0 Å². The third-order valence-corrected chi connectivity index (χ3v) is 2.95. The molecule has 1 aromatic carbocycles. The molecule has 2 aromatic rings. The van der Waals surface area contributed by atoms with Crippen LogP contribution < -0.4 is 0 Å². The number of hydrogen-bond donors (Lipinski definition) is 0. The first kappa shape index (κ1) is 10.8. The zero-order valence-electron chi connectivity index (χ0n) is 9.04. The van der Waals surface area contributed by atoms with Crippen LogP contribution in [0.3, 0.4) is 0 Å². The van der Waals surface area contributed by atoms with Gasteiger partial charge in [-0.25, -0.2) is 4.98 Å². The number of halogens is 1. The van der Waals surface area contributed by atoms with Crippen molar-refractivity contribution >= 4 is 11.6 Å². The summed E-state index contributed by atoms with van der Waals surface area (Å²) in [6.07, 6.45) is 4.99. The second-order valence-corrected chi connectivity index (χ2v) is 4.16. The summed E-state index contributed by atoms with van der Waals surface area (Å²) in [4.78, 5) is 3.99. The van der Waals surface area contributed by atoms with E-state index in [1.165, 1.54) is 0 Å². The van der Waals surface area contributed by atoms with Gasteiger partial charge in [0.2, 0.25) is 0 Å². The molecule has 3 rings (SSSR count). The molecule has 0 radical (unpaired) electrons. The second-order valence-electron chi connectivity index (χ2n) is 3.75. The van der Waals surface area contributed by atoms with E-state index in [9.17, 15) is 0 Å². The van der Waals surface area contributed by atoms with Gasteiger partial charge in [0.15, 0.2) is 6.29 Å². The normalized spacial score (nSPS) is 16.5. The van der Waals surface area contributed by atoms with Crippen molar-refractivity contribution in [2.24, 2.45) is 0 Å². The van der Waals surface area contributed by atoms with Crippen LogP contribution in [0, 0.1) is 0 Å². The average molecular weight is 251 g/mol. The van der Waals surface area contributed by atoms with Crippen molar-refractivity contribution < 1.29 is 9.47 Å². The van der Waals surface area contributed by atoms with E-state index in [-0.39, 0.29) is 6.29 Å². The zero-order valence-corrected chi connectivity index (χ0v) is 9.80. The Kier molecular flexibility index (Phi) is 2.84. The molecule has 0 unspecified atom stereocenters. The van der Waals surface area contributed by atoms with Crippen LogP contribution >= 0.6 is 11.6 Å². The van der Waals surface area contributed by atoms with E-state index in [0.29, 0.717) is 18.2 Å². The zero-order chi connectivity index (χ0) is 11.7. The van der Waals surface area contributed by atoms with Crippen LogP contribution in [0.15, 0.2) is 36.9 Å².